The maximum absolute atomic E-state index is 3.44. The fraction of sp³-hybridized carbons (Fsp3) is 0.765. The molecule has 0 amide bonds. The predicted octanol–water partition coefficient (Wildman–Crippen LogP) is 2.83. The quantitative estimate of drug-likeness (QED) is 0.902. The van der Waals surface area contributed by atoms with E-state index in [4.69, 9.17) is 0 Å². The van der Waals surface area contributed by atoms with E-state index < -0.39 is 0 Å². The Balaban J connectivity index is 1.62. The van der Waals surface area contributed by atoms with Crippen LogP contribution in [0.1, 0.15) is 41.5 Å². The van der Waals surface area contributed by atoms with Crippen LogP contribution < -0.4 is 5.32 Å². The van der Waals surface area contributed by atoms with Crippen LogP contribution in [-0.4, -0.2) is 48.6 Å². The van der Waals surface area contributed by atoms with Gasteiger partial charge in [0.05, 0.1) is 0 Å². The zero-order chi connectivity index (χ0) is 14.8. The minimum atomic E-state index is 0.790. The normalized spacial score (nSPS) is 27.2. The molecule has 0 radical (unpaired) electrons. The van der Waals surface area contributed by atoms with E-state index in [-0.39, 0.29) is 0 Å². The number of likely N-dealkylation sites (N-methyl/N-ethyl adjacent to an activating group) is 1. The Hall–Kier alpha value is -0.420. The average Bonchev–Trinajstić information content (AvgIpc) is 2.91. The number of aryl methyl sites for hydroxylation is 1. The summed E-state index contributed by atoms with van der Waals surface area (Å²) in [5.74, 6) is 0. The van der Waals surface area contributed by atoms with Crippen molar-refractivity contribution in [3.63, 3.8) is 0 Å². The molecule has 3 nitrogen and oxygen atoms in total. The number of likely N-dealkylation sites (tertiary alicyclic amines) is 1. The van der Waals surface area contributed by atoms with Gasteiger partial charge in [0.2, 0.25) is 0 Å². The van der Waals surface area contributed by atoms with Crippen molar-refractivity contribution in [2.24, 2.45) is 0 Å². The van der Waals surface area contributed by atoms with Gasteiger partial charge in [-0.3, -0.25) is 9.80 Å². The summed E-state index contributed by atoms with van der Waals surface area (Å²) >= 11 is 1.96. The average molecular weight is 308 g/mol. The van der Waals surface area contributed by atoms with Gasteiger partial charge in [0.1, 0.15) is 0 Å². The first-order chi connectivity index (χ1) is 10.2. The van der Waals surface area contributed by atoms with Gasteiger partial charge in [-0.05, 0) is 51.4 Å². The lowest BCUT2D eigenvalue weighted by Gasteiger charge is -2.25. The number of thiophene rings is 1. The molecule has 21 heavy (non-hydrogen) atoms. The monoisotopic (exact) mass is 307 g/mol. The number of fused-ring (bicyclic) bond motifs is 2. The lowest BCUT2D eigenvalue weighted by atomic mass is 10.1. The summed E-state index contributed by atoms with van der Waals surface area (Å²) < 4.78 is 0. The van der Waals surface area contributed by atoms with Crippen LogP contribution in [0.4, 0.5) is 0 Å². The smallest absolute Gasteiger partial charge is 0.0299 e. The largest absolute Gasteiger partial charge is 0.312 e. The third kappa shape index (κ3) is 3.50. The summed E-state index contributed by atoms with van der Waals surface area (Å²) in [5, 5.41) is 3.44. The molecule has 2 saturated heterocycles. The molecule has 0 saturated carbocycles. The molecule has 2 unspecified atom stereocenters. The Kier molecular flexibility index (Phi) is 4.99. The zero-order valence-corrected chi connectivity index (χ0v) is 14.5. The fourth-order valence-corrected chi connectivity index (χ4v) is 4.87. The van der Waals surface area contributed by atoms with Crippen LogP contribution in [-0.2, 0) is 13.1 Å². The summed E-state index contributed by atoms with van der Waals surface area (Å²) in [7, 11) is 2.33. The molecule has 3 heterocycles. The second-order valence-electron chi connectivity index (χ2n) is 6.65. The molecule has 118 valence electrons. The van der Waals surface area contributed by atoms with E-state index in [1.807, 2.05) is 11.3 Å². The molecule has 1 aromatic heterocycles. The zero-order valence-electron chi connectivity index (χ0n) is 13.7. The van der Waals surface area contributed by atoms with Gasteiger partial charge < -0.3 is 5.32 Å². The molecular weight excluding hydrogens is 278 g/mol. The van der Waals surface area contributed by atoms with Crippen LogP contribution in [0.3, 0.4) is 0 Å². The first-order valence-electron chi connectivity index (χ1n) is 8.40. The topological polar surface area (TPSA) is 18.5 Å². The van der Waals surface area contributed by atoms with Crippen LogP contribution >= 0.6 is 11.3 Å². The predicted molar refractivity (Wildman–Crippen MR) is 90.9 cm³/mol. The Morgan fingerprint density at radius 3 is 2.90 bits per heavy atom. The standard InChI is InChI=1S/C17H29N3S/c1-4-18-10-17-9-14(13(2)21-17)11-20-8-7-15-5-6-16(12-20)19(15)3/h9,15-16,18H,4-8,10-12H2,1-3H3. The van der Waals surface area contributed by atoms with E-state index in [0.29, 0.717) is 0 Å². The highest BCUT2D eigenvalue weighted by Crippen LogP contribution is 2.30. The summed E-state index contributed by atoms with van der Waals surface area (Å²) in [4.78, 5) is 8.31. The minimum Gasteiger partial charge on any atom is -0.312 e. The maximum atomic E-state index is 3.44. The van der Waals surface area contributed by atoms with Gasteiger partial charge in [-0.2, -0.15) is 0 Å². The molecule has 1 aromatic rings. The second-order valence-corrected chi connectivity index (χ2v) is 7.99. The van der Waals surface area contributed by atoms with Crippen molar-refractivity contribution in [1.29, 1.82) is 0 Å². The Morgan fingerprint density at radius 2 is 2.10 bits per heavy atom. The summed E-state index contributed by atoms with van der Waals surface area (Å²) in [6, 6.07) is 4.06. The van der Waals surface area contributed by atoms with Gasteiger partial charge in [0.25, 0.3) is 0 Å². The van der Waals surface area contributed by atoms with Crippen LogP contribution in [0, 0.1) is 6.92 Å². The number of hydrogen-bond donors (Lipinski definition) is 1. The lowest BCUT2D eigenvalue weighted by molar-refractivity contribution is 0.214. The number of rotatable bonds is 5. The van der Waals surface area contributed by atoms with Crippen molar-refractivity contribution in [1.82, 2.24) is 15.1 Å². The molecule has 3 rings (SSSR count). The highest BCUT2D eigenvalue weighted by Gasteiger charge is 2.34. The third-order valence-electron chi connectivity index (χ3n) is 5.25. The van der Waals surface area contributed by atoms with Crippen molar-refractivity contribution < 1.29 is 0 Å². The van der Waals surface area contributed by atoms with E-state index in [1.165, 1.54) is 42.1 Å². The van der Waals surface area contributed by atoms with Gasteiger partial charge in [-0.25, -0.2) is 0 Å². The maximum Gasteiger partial charge on any atom is 0.0299 e. The first-order valence-corrected chi connectivity index (χ1v) is 9.22. The van der Waals surface area contributed by atoms with Gasteiger partial charge in [0, 0.05) is 48.0 Å². The molecule has 4 heteroatoms. The minimum absolute atomic E-state index is 0.790. The van der Waals surface area contributed by atoms with E-state index in [1.54, 1.807) is 5.56 Å². The van der Waals surface area contributed by atoms with E-state index >= 15 is 0 Å². The fourth-order valence-electron chi connectivity index (χ4n) is 3.84. The Labute approximate surface area is 133 Å². The van der Waals surface area contributed by atoms with Gasteiger partial charge in [0.15, 0.2) is 0 Å². The SMILES string of the molecule is CCNCc1cc(CN2CCC3CCC(C2)N3C)c(C)s1. The van der Waals surface area contributed by atoms with Crippen molar-refractivity contribution in [3.8, 4) is 0 Å². The van der Waals surface area contributed by atoms with Crippen molar-refractivity contribution in [2.45, 2.75) is 58.3 Å². The highest BCUT2D eigenvalue weighted by molar-refractivity contribution is 7.12. The second kappa shape index (κ2) is 6.78. The molecule has 2 aliphatic heterocycles. The first kappa shape index (κ1) is 15.5. The molecule has 2 aliphatic rings. The Morgan fingerprint density at radius 1 is 1.29 bits per heavy atom. The number of nitrogens with zero attached hydrogens (tertiary/aromatic N) is 2. The molecule has 1 N–H and O–H groups in total. The molecular formula is C17H29N3S. The van der Waals surface area contributed by atoms with Crippen LogP contribution in [0.5, 0.6) is 0 Å². The molecule has 2 bridgehead atoms. The molecule has 2 fully saturated rings. The van der Waals surface area contributed by atoms with Gasteiger partial charge in [-0.1, -0.05) is 6.92 Å². The van der Waals surface area contributed by atoms with Crippen LogP contribution in [0.2, 0.25) is 0 Å². The summed E-state index contributed by atoms with van der Waals surface area (Å²) in [6.45, 7) is 10.2. The van der Waals surface area contributed by atoms with Gasteiger partial charge in [-0.15, -0.1) is 11.3 Å². The van der Waals surface area contributed by atoms with Gasteiger partial charge >= 0.3 is 0 Å². The van der Waals surface area contributed by atoms with Crippen molar-refractivity contribution in [3.05, 3.63) is 21.4 Å². The lowest BCUT2D eigenvalue weighted by Crippen LogP contribution is -2.36. The number of nitrogens with one attached hydrogen (secondary N) is 1. The molecule has 0 aromatic carbocycles. The molecule has 2 atom stereocenters. The van der Waals surface area contributed by atoms with E-state index in [9.17, 15) is 0 Å². The molecule has 0 aliphatic carbocycles. The van der Waals surface area contributed by atoms with Crippen molar-refractivity contribution >= 4 is 11.3 Å². The van der Waals surface area contributed by atoms with E-state index in [2.05, 4.69) is 42.1 Å². The summed E-state index contributed by atoms with van der Waals surface area (Å²) in [5.41, 5.74) is 1.55. The molecule has 0 spiro atoms. The van der Waals surface area contributed by atoms with Crippen molar-refractivity contribution in [2.75, 3.05) is 26.7 Å². The Bertz CT molecular complexity index is 471. The van der Waals surface area contributed by atoms with E-state index in [0.717, 1.165) is 31.7 Å². The number of hydrogen-bond acceptors (Lipinski definition) is 4. The third-order valence-corrected chi connectivity index (χ3v) is 6.34. The highest BCUT2D eigenvalue weighted by atomic mass is 32.1. The van der Waals surface area contributed by atoms with Crippen LogP contribution in [0.15, 0.2) is 6.07 Å². The van der Waals surface area contributed by atoms with Crippen LogP contribution in [0.25, 0.3) is 0 Å². The summed E-state index contributed by atoms with van der Waals surface area (Å²) in [6.07, 6.45) is 4.16.